The third kappa shape index (κ3) is 3.34. The lowest BCUT2D eigenvalue weighted by atomic mass is 10.1. The van der Waals surface area contributed by atoms with Crippen LogP contribution in [0, 0.1) is 0 Å². The summed E-state index contributed by atoms with van der Waals surface area (Å²) in [6.45, 7) is 3.54. The highest BCUT2D eigenvalue weighted by atomic mass is 16.5. The fourth-order valence-corrected chi connectivity index (χ4v) is 2.80. The number of aliphatic hydroxyl groups excluding tert-OH is 1. The van der Waals surface area contributed by atoms with Crippen molar-refractivity contribution >= 4 is 17.3 Å². The average Bonchev–Trinajstić information content (AvgIpc) is 2.95. The number of β-amino-alcohol motifs (C(OH)–C–C–N with tert-alkyl or cyclic N) is 1. The second-order valence-electron chi connectivity index (χ2n) is 5.46. The molecule has 3 N–H and O–H groups in total. The molecule has 2 atom stereocenters. The fraction of sp³-hybridized carbons (Fsp3) is 0.533. The number of rotatable bonds is 3. The smallest absolute Gasteiger partial charge is 0.241 e. The molecule has 2 unspecified atom stereocenters. The van der Waals surface area contributed by atoms with Crippen molar-refractivity contribution in [2.45, 2.75) is 18.6 Å². The Balaban J connectivity index is 1.71. The minimum atomic E-state index is -0.435. The van der Waals surface area contributed by atoms with Crippen molar-refractivity contribution < 1.29 is 14.6 Å². The highest BCUT2D eigenvalue weighted by Crippen LogP contribution is 2.26. The number of nitrogens with zero attached hydrogens (tertiary/aromatic N) is 1. The molecular formula is C15H21N3O3. The highest BCUT2D eigenvalue weighted by Gasteiger charge is 2.28. The molecule has 6 nitrogen and oxygen atoms in total. The van der Waals surface area contributed by atoms with Gasteiger partial charge >= 0.3 is 0 Å². The van der Waals surface area contributed by atoms with Crippen LogP contribution in [-0.4, -0.2) is 56.0 Å². The number of ether oxygens (including phenoxy) is 1. The summed E-state index contributed by atoms with van der Waals surface area (Å²) >= 11 is 0. The van der Waals surface area contributed by atoms with Gasteiger partial charge in [0.1, 0.15) is 0 Å². The topological polar surface area (TPSA) is 73.8 Å². The third-order valence-electron chi connectivity index (χ3n) is 3.94. The number of morpholine rings is 1. The van der Waals surface area contributed by atoms with Crippen molar-refractivity contribution in [2.75, 3.05) is 43.1 Å². The van der Waals surface area contributed by atoms with E-state index < -0.39 is 6.10 Å². The van der Waals surface area contributed by atoms with Crippen molar-refractivity contribution in [1.82, 2.24) is 5.32 Å². The maximum absolute atomic E-state index is 12.3. The number of nitrogens with one attached hydrogen (secondary N) is 2. The highest BCUT2D eigenvalue weighted by molar-refractivity contribution is 5.98. The molecule has 0 saturated carbocycles. The van der Waals surface area contributed by atoms with Gasteiger partial charge in [0.15, 0.2) is 0 Å². The van der Waals surface area contributed by atoms with Gasteiger partial charge in [0.05, 0.1) is 36.7 Å². The van der Waals surface area contributed by atoms with E-state index in [1.54, 1.807) is 0 Å². The number of anilines is 2. The van der Waals surface area contributed by atoms with Crippen molar-refractivity contribution in [2.24, 2.45) is 0 Å². The monoisotopic (exact) mass is 291 g/mol. The molecule has 2 saturated heterocycles. The summed E-state index contributed by atoms with van der Waals surface area (Å²) in [7, 11) is 0. The number of carbonyl (C=O) groups is 1. The van der Waals surface area contributed by atoms with Crippen molar-refractivity contribution in [3.05, 3.63) is 24.3 Å². The zero-order valence-corrected chi connectivity index (χ0v) is 11.9. The SMILES string of the molecule is O=C(Nc1ccccc1N1CCOCC1)C1CC(O)CN1. The lowest BCUT2D eigenvalue weighted by molar-refractivity contribution is -0.117. The number of aliphatic hydroxyl groups is 1. The first-order valence-corrected chi connectivity index (χ1v) is 7.38. The molecule has 0 aromatic heterocycles. The largest absolute Gasteiger partial charge is 0.392 e. The van der Waals surface area contributed by atoms with Gasteiger partial charge in [-0.25, -0.2) is 0 Å². The minimum Gasteiger partial charge on any atom is -0.392 e. The zero-order valence-electron chi connectivity index (χ0n) is 11.9. The van der Waals surface area contributed by atoms with Gasteiger partial charge in [-0.15, -0.1) is 0 Å². The Kier molecular flexibility index (Phi) is 4.38. The molecular weight excluding hydrogens is 270 g/mol. The van der Waals surface area contributed by atoms with Gasteiger partial charge in [-0.3, -0.25) is 4.79 Å². The first-order chi connectivity index (χ1) is 10.2. The van der Waals surface area contributed by atoms with Crippen LogP contribution in [0.1, 0.15) is 6.42 Å². The Morgan fingerprint density at radius 3 is 2.81 bits per heavy atom. The molecule has 1 aromatic carbocycles. The van der Waals surface area contributed by atoms with E-state index >= 15 is 0 Å². The molecule has 2 aliphatic heterocycles. The summed E-state index contributed by atoms with van der Waals surface area (Å²) < 4.78 is 5.37. The average molecular weight is 291 g/mol. The van der Waals surface area contributed by atoms with Gasteiger partial charge in [0.2, 0.25) is 5.91 Å². The Bertz CT molecular complexity index is 503. The first-order valence-electron chi connectivity index (χ1n) is 7.38. The van der Waals surface area contributed by atoms with Gasteiger partial charge in [0.25, 0.3) is 0 Å². The van der Waals surface area contributed by atoms with Gasteiger partial charge in [-0.1, -0.05) is 12.1 Å². The standard InChI is InChI=1S/C15H21N3O3/c19-11-9-13(16-10-11)15(20)17-12-3-1-2-4-14(12)18-5-7-21-8-6-18/h1-4,11,13,16,19H,5-10H2,(H,17,20). The van der Waals surface area contributed by atoms with Crippen LogP contribution in [0.3, 0.4) is 0 Å². The third-order valence-corrected chi connectivity index (χ3v) is 3.94. The lowest BCUT2D eigenvalue weighted by Crippen LogP contribution is -2.38. The lowest BCUT2D eigenvalue weighted by Gasteiger charge is -2.30. The van der Waals surface area contributed by atoms with E-state index in [2.05, 4.69) is 15.5 Å². The molecule has 0 bridgehead atoms. The van der Waals surface area contributed by atoms with Gasteiger partial charge < -0.3 is 25.4 Å². The second kappa shape index (κ2) is 6.43. The van der Waals surface area contributed by atoms with E-state index in [1.165, 1.54) is 0 Å². The number of amides is 1. The summed E-state index contributed by atoms with van der Waals surface area (Å²) in [5.74, 6) is -0.0905. The van der Waals surface area contributed by atoms with Crippen molar-refractivity contribution in [1.29, 1.82) is 0 Å². The molecule has 1 amide bonds. The summed E-state index contributed by atoms with van der Waals surface area (Å²) in [6.07, 6.45) is 0.0289. The number of carbonyl (C=O) groups excluding carboxylic acids is 1. The van der Waals surface area contributed by atoms with Crippen LogP contribution in [0.5, 0.6) is 0 Å². The molecule has 1 aromatic rings. The van der Waals surface area contributed by atoms with E-state index in [0.717, 1.165) is 24.5 Å². The van der Waals surface area contributed by atoms with Crippen LogP contribution in [-0.2, 0) is 9.53 Å². The molecule has 0 aliphatic carbocycles. The number of hydrogen-bond acceptors (Lipinski definition) is 5. The zero-order chi connectivity index (χ0) is 14.7. The Morgan fingerprint density at radius 1 is 1.33 bits per heavy atom. The van der Waals surface area contributed by atoms with E-state index in [0.29, 0.717) is 26.2 Å². The van der Waals surface area contributed by atoms with E-state index in [-0.39, 0.29) is 11.9 Å². The van der Waals surface area contributed by atoms with E-state index in [4.69, 9.17) is 4.74 Å². The van der Waals surface area contributed by atoms with Crippen LogP contribution in [0.4, 0.5) is 11.4 Å². The Labute approximate surface area is 124 Å². The molecule has 2 aliphatic rings. The number of para-hydroxylation sites is 2. The van der Waals surface area contributed by atoms with Crippen LogP contribution in [0.25, 0.3) is 0 Å². The summed E-state index contributed by atoms with van der Waals surface area (Å²) in [4.78, 5) is 14.5. The predicted octanol–water partition coefficient (Wildman–Crippen LogP) is 0.184. The molecule has 114 valence electrons. The fourth-order valence-electron chi connectivity index (χ4n) is 2.80. The van der Waals surface area contributed by atoms with Crippen LogP contribution < -0.4 is 15.5 Å². The summed E-state index contributed by atoms with van der Waals surface area (Å²) in [6, 6.07) is 7.48. The molecule has 0 radical (unpaired) electrons. The quantitative estimate of drug-likeness (QED) is 0.741. The van der Waals surface area contributed by atoms with Crippen molar-refractivity contribution in [3.8, 4) is 0 Å². The van der Waals surface area contributed by atoms with E-state index in [9.17, 15) is 9.90 Å². The Hall–Kier alpha value is -1.63. The first kappa shape index (κ1) is 14.3. The van der Waals surface area contributed by atoms with E-state index in [1.807, 2.05) is 24.3 Å². The molecule has 2 fully saturated rings. The maximum atomic E-state index is 12.3. The molecule has 0 spiro atoms. The summed E-state index contributed by atoms with van der Waals surface area (Å²) in [5.41, 5.74) is 1.83. The molecule has 3 rings (SSSR count). The number of benzene rings is 1. The van der Waals surface area contributed by atoms with Gasteiger partial charge in [-0.05, 0) is 18.6 Å². The maximum Gasteiger partial charge on any atom is 0.241 e. The van der Waals surface area contributed by atoms with Crippen LogP contribution >= 0.6 is 0 Å². The normalized spacial score (nSPS) is 25.9. The molecule has 21 heavy (non-hydrogen) atoms. The summed E-state index contributed by atoms with van der Waals surface area (Å²) in [5, 5.41) is 15.5. The van der Waals surface area contributed by atoms with Gasteiger partial charge in [0, 0.05) is 19.6 Å². The van der Waals surface area contributed by atoms with Crippen LogP contribution in [0.2, 0.25) is 0 Å². The predicted molar refractivity (Wildman–Crippen MR) is 80.5 cm³/mol. The molecule has 6 heteroatoms. The molecule has 2 heterocycles. The van der Waals surface area contributed by atoms with Crippen LogP contribution in [0.15, 0.2) is 24.3 Å². The Morgan fingerprint density at radius 2 is 2.10 bits per heavy atom. The minimum absolute atomic E-state index is 0.0905. The number of hydrogen-bond donors (Lipinski definition) is 3. The second-order valence-corrected chi connectivity index (χ2v) is 5.46. The van der Waals surface area contributed by atoms with Crippen molar-refractivity contribution in [3.63, 3.8) is 0 Å². The van der Waals surface area contributed by atoms with Gasteiger partial charge in [-0.2, -0.15) is 0 Å².